The summed E-state index contributed by atoms with van der Waals surface area (Å²) >= 11 is 0. The lowest BCUT2D eigenvalue weighted by Gasteiger charge is -2.11. The summed E-state index contributed by atoms with van der Waals surface area (Å²) in [6.07, 6.45) is 0. The Morgan fingerprint density at radius 2 is 1.89 bits per heavy atom. The second-order valence-corrected chi connectivity index (χ2v) is 4.26. The second-order valence-electron chi connectivity index (χ2n) is 4.26. The zero-order valence-corrected chi connectivity index (χ0v) is 10.1. The number of amides is 1. The lowest BCUT2D eigenvalue weighted by Crippen LogP contribution is -2.24. The van der Waals surface area contributed by atoms with Crippen molar-refractivity contribution >= 4 is 22.4 Å². The minimum atomic E-state index is -0.0280. The molecule has 1 aliphatic heterocycles. The monoisotopic (exact) mass is 242 g/mol. The molecule has 0 atom stereocenters. The molecular weight excluding hydrogens is 228 g/mol. The van der Waals surface area contributed by atoms with Crippen molar-refractivity contribution in [2.75, 3.05) is 25.5 Å². The van der Waals surface area contributed by atoms with Gasteiger partial charge in [-0.2, -0.15) is 0 Å². The zero-order valence-electron chi connectivity index (χ0n) is 10.1. The Bertz CT molecular complexity index is 622. The van der Waals surface area contributed by atoms with Gasteiger partial charge < -0.3 is 15.4 Å². The van der Waals surface area contributed by atoms with Gasteiger partial charge in [0.15, 0.2) is 0 Å². The first-order chi connectivity index (χ1) is 8.79. The number of ether oxygens (including phenoxy) is 1. The maximum atomic E-state index is 11.9. The van der Waals surface area contributed by atoms with Crippen LogP contribution in [0.15, 0.2) is 30.3 Å². The summed E-state index contributed by atoms with van der Waals surface area (Å²) in [4.78, 5) is 11.9. The third-order valence-corrected chi connectivity index (χ3v) is 3.19. The maximum Gasteiger partial charge on any atom is 0.253 e. The van der Waals surface area contributed by atoms with Crippen LogP contribution in [0.4, 0.5) is 5.69 Å². The SMILES string of the molecule is COc1ccc2ccc3c(c2c1)NCCNC3=O. The average Bonchev–Trinajstić information content (AvgIpc) is 2.60. The Hall–Kier alpha value is -2.23. The van der Waals surface area contributed by atoms with Crippen molar-refractivity contribution in [2.45, 2.75) is 0 Å². The lowest BCUT2D eigenvalue weighted by atomic mass is 10.0. The van der Waals surface area contributed by atoms with Gasteiger partial charge >= 0.3 is 0 Å². The van der Waals surface area contributed by atoms with Crippen LogP contribution in [0, 0.1) is 0 Å². The van der Waals surface area contributed by atoms with Crippen LogP contribution >= 0.6 is 0 Å². The predicted molar refractivity (Wildman–Crippen MR) is 71.3 cm³/mol. The fourth-order valence-corrected chi connectivity index (χ4v) is 2.26. The highest BCUT2D eigenvalue weighted by atomic mass is 16.5. The number of methoxy groups -OCH3 is 1. The fourth-order valence-electron chi connectivity index (χ4n) is 2.26. The number of carbonyl (C=O) groups excluding carboxylic acids is 1. The molecule has 0 fully saturated rings. The minimum absolute atomic E-state index is 0.0280. The molecule has 0 saturated heterocycles. The number of fused-ring (bicyclic) bond motifs is 3. The zero-order chi connectivity index (χ0) is 12.5. The van der Waals surface area contributed by atoms with E-state index in [9.17, 15) is 4.79 Å². The van der Waals surface area contributed by atoms with Crippen LogP contribution in [-0.4, -0.2) is 26.1 Å². The molecule has 0 aromatic heterocycles. The van der Waals surface area contributed by atoms with Crippen LogP contribution in [0.5, 0.6) is 5.75 Å². The quantitative estimate of drug-likeness (QED) is 0.804. The highest BCUT2D eigenvalue weighted by molar-refractivity contribution is 6.09. The van der Waals surface area contributed by atoms with E-state index in [1.54, 1.807) is 7.11 Å². The Morgan fingerprint density at radius 3 is 2.72 bits per heavy atom. The molecule has 4 heteroatoms. The molecule has 3 rings (SSSR count). The van der Waals surface area contributed by atoms with Gasteiger partial charge in [-0.15, -0.1) is 0 Å². The molecule has 4 nitrogen and oxygen atoms in total. The van der Waals surface area contributed by atoms with Crippen molar-refractivity contribution in [3.05, 3.63) is 35.9 Å². The van der Waals surface area contributed by atoms with Crippen molar-refractivity contribution in [3.63, 3.8) is 0 Å². The minimum Gasteiger partial charge on any atom is -0.497 e. The van der Waals surface area contributed by atoms with Crippen molar-refractivity contribution in [3.8, 4) is 5.75 Å². The summed E-state index contributed by atoms with van der Waals surface area (Å²) < 4.78 is 5.24. The first-order valence-corrected chi connectivity index (χ1v) is 5.92. The average molecular weight is 242 g/mol. The number of carbonyl (C=O) groups is 1. The maximum absolute atomic E-state index is 11.9. The number of anilines is 1. The van der Waals surface area contributed by atoms with E-state index in [1.165, 1.54) is 0 Å². The smallest absolute Gasteiger partial charge is 0.253 e. The van der Waals surface area contributed by atoms with Gasteiger partial charge in [0, 0.05) is 18.5 Å². The number of rotatable bonds is 1. The predicted octanol–water partition coefficient (Wildman–Crippen LogP) is 2.00. The van der Waals surface area contributed by atoms with Gasteiger partial charge in [-0.05, 0) is 23.6 Å². The molecule has 2 aromatic carbocycles. The number of benzene rings is 2. The Labute approximate surface area is 105 Å². The molecule has 2 aromatic rings. The molecule has 92 valence electrons. The molecule has 18 heavy (non-hydrogen) atoms. The van der Waals surface area contributed by atoms with E-state index in [2.05, 4.69) is 10.6 Å². The fraction of sp³-hybridized carbons (Fsp3) is 0.214. The van der Waals surface area contributed by atoms with E-state index in [0.29, 0.717) is 12.1 Å². The van der Waals surface area contributed by atoms with Gasteiger partial charge in [-0.25, -0.2) is 0 Å². The highest BCUT2D eigenvalue weighted by Crippen LogP contribution is 2.31. The summed E-state index contributed by atoms with van der Waals surface area (Å²) in [7, 11) is 1.64. The molecule has 0 spiro atoms. The van der Waals surface area contributed by atoms with Crippen LogP contribution in [0.2, 0.25) is 0 Å². The number of nitrogens with one attached hydrogen (secondary N) is 2. The van der Waals surface area contributed by atoms with Crippen LogP contribution in [0.25, 0.3) is 10.8 Å². The van der Waals surface area contributed by atoms with E-state index in [0.717, 1.165) is 28.8 Å². The first-order valence-electron chi connectivity index (χ1n) is 5.92. The standard InChI is InChI=1S/C14H14N2O2/c1-18-10-4-2-9-3-5-11-13(12(9)8-10)15-6-7-16-14(11)17/h2-5,8,15H,6-7H2,1H3,(H,16,17). The Balaban J connectivity index is 2.28. The van der Waals surface area contributed by atoms with Gasteiger partial charge in [-0.3, -0.25) is 4.79 Å². The van der Waals surface area contributed by atoms with E-state index in [1.807, 2.05) is 30.3 Å². The molecule has 1 amide bonds. The second kappa shape index (κ2) is 4.22. The lowest BCUT2D eigenvalue weighted by molar-refractivity contribution is 0.0958. The van der Waals surface area contributed by atoms with E-state index in [4.69, 9.17) is 4.74 Å². The molecule has 1 heterocycles. The topological polar surface area (TPSA) is 50.4 Å². The van der Waals surface area contributed by atoms with Gasteiger partial charge in [0.1, 0.15) is 5.75 Å². The summed E-state index contributed by atoms with van der Waals surface area (Å²) in [6, 6.07) is 9.70. The number of hydrogen-bond acceptors (Lipinski definition) is 3. The molecule has 0 saturated carbocycles. The summed E-state index contributed by atoms with van der Waals surface area (Å²) in [6.45, 7) is 1.37. The van der Waals surface area contributed by atoms with E-state index in [-0.39, 0.29) is 5.91 Å². The van der Waals surface area contributed by atoms with E-state index < -0.39 is 0 Å². The first kappa shape index (κ1) is 10.9. The molecule has 0 radical (unpaired) electrons. The van der Waals surface area contributed by atoms with Crippen LogP contribution in [-0.2, 0) is 0 Å². The summed E-state index contributed by atoms with van der Waals surface area (Å²) in [5.74, 6) is 0.766. The van der Waals surface area contributed by atoms with Crippen LogP contribution in [0.3, 0.4) is 0 Å². The Morgan fingerprint density at radius 1 is 1.11 bits per heavy atom. The van der Waals surface area contributed by atoms with Crippen LogP contribution < -0.4 is 15.4 Å². The summed E-state index contributed by atoms with van der Waals surface area (Å²) in [5.41, 5.74) is 1.58. The van der Waals surface area contributed by atoms with Gasteiger partial charge in [0.25, 0.3) is 5.91 Å². The third kappa shape index (κ3) is 1.66. The molecule has 1 aliphatic rings. The van der Waals surface area contributed by atoms with Crippen molar-refractivity contribution < 1.29 is 9.53 Å². The van der Waals surface area contributed by atoms with Crippen LogP contribution in [0.1, 0.15) is 10.4 Å². The molecular formula is C14H14N2O2. The van der Waals surface area contributed by atoms with Gasteiger partial charge in [0.2, 0.25) is 0 Å². The van der Waals surface area contributed by atoms with Crippen molar-refractivity contribution in [2.24, 2.45) is 0 Å². The van der Waals surface area contributed by atoms with Crippen molar-refractivity contribution in [1.82, 2.24) is 5.32 Å². The highest BCUT2D eigenvalue weighted by Gasteiger charge is 2.17. The summed E-state index contributed by atoms with van der Waals surface area (Å²) in [5, 5.41) is 8.28. The normalized spacial score (nSPS) is 14.4. The molecule has 0 bridgehead atoms. The van der Waals surface area contributed by atoms with Gasteiger partial charge in [-0.1, -0.05) is 12.1 Å². The Kier molecular flexibility index (Phi) is 2.55. The molecule has 0 aliphatic carbocycles. The van der Waals surface area contributed by atoms with Crippen molar-refractivity contribution in [1.29, 1.82) is 0 Å². The molecule has 0 unspecified atom stereocenters. The van der Waals surface area contributed by atoms with Gasteiger partial charge in [0.05, 0.1) is 18.4 Å². The third-order valence-electron chi connectivity index (χ3n) is 3.19. The largest absolute Gasteiger partial charge is 0.497 e. The van der Waals surface area contributed by atoms with E-state index >= 15 is 0 Å². The number of hydrogen-bond donors (Lipinski definition) is 2. The molecule has 2 N–H and O–H groups in total.